The summed E-state index contributed by atoms with van der Waals surface area (Å²) in [5, 5.41) is 9.64. The molecule has 6 nitrogen and oxygen atoms in total. The molecule has 2 heterocycles. The van der Waals surface area contributed by atoms with E-state index < -0.39 is 5.54 Å². The molecule has 0 saturated carbocycles. The molecule has 4 N–H and O–H groups in total. The molecular formula is C11H18N4O2. The molecule has 0 aliphatic carbocycles. The lowest BCUT2D eigenvalue weighted by atomic mass is 9.90. The molecule has 0 aromatic carbocycles. The summed E-state index contributed by atoms with van der Waals surface area (Å²) in [6.07, 6.45) is 1.09. The minimum atomic E-state index is -0.836. The minimum absolute atomic E-state index is 0.185. The molecule has 2 rings (SSSR count). The zero-order valence-corrected chi connectivity index (χ0v) is 10.2. The lowest BCUT2D eigenvalue weighted by Gasteiger charge is -2.31. The lowest BCUT2D eigenvalue weighted by molar-refractivity contribution is -0.124. The number of aromatic amines is 1. The van der Waals surface area contributed by atoms with E-state index in [-0.39, 0.29) is 5.91 Å². The van der Waals surface area contributed by atoms with E-state index in [0.29, 0.717) is 31.9 Å². The standard InChI is InChI=1S/C11H18N4O2/c1-7-8(2)14-15-9(7)13-10(16)11(12)3-5-17-6-4-11/h3-6,12H2,1-2H3,(H2,13,14,15,16). The summed E-state index contributed by atoms with van der Waals surface area (Å²) in [7, 11) is 0. The number of ether oxygens (including phenoxy) is 1. The molecule has 1 fully saturated rings. The summed E-state index contributed by atoms with van der Waals surface area (Å²) in [4.78, 5) is 12.1. The molecule has 1 aliphatic rings. The third-order valence-electron chi connectivity index (χ3n) is 3.32. The number of carbonyl (C=O) groups excluding carboxylic acids is 1. The molecular weight excluding hydrogens is 220 g/mol. The van der Waals surface area contributed by atoms with Gasteiger partial charge in [0, 0.05) is 24.5 Å². The van der Waals surface area contributed by atoms with Crippen molar-refractivity contribution in [2.75, 3.05) is 18.5 Å². The zero-order chi connectivity index (χ0) is 12.5. The normalized spacial score (nSPS) is 19.0. The first kappa shape index (κ1) is 12.1. The van der Waals surface area contributed by atoms with Gasteiger partial charge in [0.15, 0.2) is 5.82 Å². The van der Waals surface area contributed by atoms with Crippen LogP contribution in [-0.4, -0.2) is 34.9 Å². The van der Waals surface area contributed by atoms with Crippen molar-refractivity contribution in [3.63, 3.8) is 0 Å². The molecule has 1 saturated heterocycles. The first-order chi connectivity index (χ1) is 8.03. The molecule has 94 valence electrons. The quantitative estimate of drug-likeness (QED) is 0.698. The smallest absolute Gasteiger partial charge is 0.245 e. The maximum atomic E-state index is 12.1. The van der Waals surface area contributed by atoms with Crippen LogP contribution in [0.3, 0.4) is 0 Å². The fourth-order valence-corrected chi connectivity index (χ4v) is 1.80. The van der Waals surface area contributed by atoms with E-state index in [1.165, 1.54) is 0 Å². The fraction of sp³-hybridized carbons (Fsp3) is 0.636. The Morgan fingerprint density at radius 2 is 2.12 bits per heavy atom. The van der Waals surface area contributed by atoms with Gasteiger partial charge in [-0.25, -0.2) is 0 Å². The van der Waals surface area contributed by atoms with E-state index in [1.54, 1.807) is 0 Å². The number of hydrogen-bond acceptors (Lipinski definition) is 4. The van der Waals surface area contributed by atoms with Gasteiger partial charge in [0.05, 0.1) is 0 Å². The van der Waals surface area contributed by atoms with Crippen molar-refractivity contribution in [1.29, 1.82) is 0 Å². The third kappa shape index (κ3) is 2.32. The fourth-order valence-electron chi connectivity index (χ4n) is 1.80. The summed E-state index contributed by atoms with van der Waals surface area (Å²) in [5.41, 5.74) is 7.12. The SMILES string of the molecule is Cc1[nH]nc(NC(=O)C2(N)CCOCC2)c1C. The van der Waals surface area contributed by atoms with Crippen molar-refractivity contribution in [3.05, 3.63) is 11.3 Å². The number of nitrogens with two attached hydrogens (primary N) is 1. The Bertz CT molecular complexity index is 421. The highest BCUT2D eigenvalue weighted by molar-refractivity contribution is 5.97. The minimum Gasteiger partial charge on any atom is -0.381 e. The number of carbonyl (C=O) groups is 1. The summed E-state index contributed by atoms with van der Waals surface area (Å²) >= 11 is 0. The average molecular weight is 238 g/mol. The zero-order valence-electron chi connectivity index (χ0n) is 10.2. The van der Waals surface area contributed by atoms with E-state index in [2.05, 4.69) is 15.5 Å². The van der Waals surface area contributed by atoms with Gasteiger partial charge < -0.3 is 15.8 Å². The summed E-state index contributed by atoms with van der Waals surface area (Å²) in [6, 6.07) is 0. The number of aromatic nitrogens is 2. The molecule has 6 heteroatoms. The molecule has 0 unspecified atom stereocenters. The van der Waals surface area contributed by atoms with Gasteiger partial charge in [-0.3, -0.25) is 9.89 Å². The third-order valence-corrected chi connectivity index (χ3v) is 3.32. The van der Waals surface area contributed by atoms with Crippen molar-refractivity contribution >= 4 is 11.7 Å². The second-order valence-corrected chi connectivity index (χ2v) is 4.54. The highest BCUT2D eigenvalue weighted by Crippen LogP contribution is 2.21. The van der Waals surface area contributed by atoms with Crippen LogP contribution in [0.1, 0.15) is 24.1 Å². The molecule has 0 spiro atoms. The molecule has 1 aliphatic heterocycles. The van der Waals surface area contributed by atoms with Crippen LogP contribution in [0.2, 0.25) is 0 Å². The maximum absolute atomic E-state index is 12.1. The van der Waals surface area contributed by atoms with E-state index in [1.807, 2.05) is 13.8 Å². The number of nitrogens with zero attached hydrogens (tertiary/aromatic N) is 1. The van der Waals surface area contributed by atoms with Crippen LogP contribution in [0.4, 0.5) is 5.82 Å². The maximum Gasteiger partial charge on any atom is 0.245 e. The van der Waals surface area contributed by atoms with Crippen LogP contribution >= 0.6 is 0 Å². The van der Waals surface area contributed by atoms with Crippen molar-refractivity contribution in [2.24, 2.45) is 5.73 Å². The van der Waals surface area contributed by atoms with Crippen LogP contribution in [0, 0.1) is 13.8 Å². The van der Waals surface area contributed by atoms with Crippen molar-refractivity contribution < 1.29 is 9.53 Å². The van der Waals surface area contributed by atoms with Gasteiger partial charge in [0.1, 0.15) is 5.54 Å². The Hall–Kier alpha value is -1.40. The Kier molecular flexibility index (Phi) is 3.17. The highest BCUT2D eigenvalue weighted by atomic mass is 16.5. The Labute approximate surface area is 99.9 Å². The van der Waals surface area contributed by atoms with Crippen molar-refractivity contribution in [1.82, 2.24) is 10.2 Å². The number of hydrogen-bond donors (Lipinski definition) is 3. The topological polar surface area (TPSA) is 93.0 Å². The number of anilines is 1. The number of aryl methyl sites for hydroxylation is 1. The summed E-state index contributed by atoms with van der Waals surface area (Å²) in [6.45, 7) is 4.87. The molecule has 0 atom stereocenters. The summed E-state index contributed by atoms with van der Waals surface area (Å²) in [5.74, 6) is 0.374. The van der Waals surface area contributed by atoms with Gasteiger partial charge in [-0.1, -0.05) is 0 Å². The highest BCUT2D eigenvalue weighted by Gasteiger charge is 2.36. The predicted molar refractivity (Wildman–Crippen MR) is 63.7 cm³/mol. The van der Waals surface area contributed by atoms with E-state index >= 15 is 0 Å². The Morgan fingerprint density at radius 1 is 1.47 bits per heavy atom. The predicted octanol–water partition coefficient (Wildman–Crippen LogP) is 0.473. The van der Waals surface area contributed by atoms with Crippen LogP contribution < -0.4 is 11.1 Å². The number of rotatable bonds is 2. The molecule has 0 radical (unpaired) electrons. The largest absolute Gasteiger partial charge is 0.381 e. The van der Waals surface area contributed by atoms with Crippen LogP contribution in [0.5, 0.6) is 0 Å². The Balaban J connectivity index is 2.08. The van der Waals surface area contributed by atoms with Gasteiger partial charge in [0.2, 0.25) is 5.91 Å². The lowest BCUT2D eigenvalue weighted by Crippen LogP contribution is -2.54. The average Bonchev–Trinajstić information content (AvgIpc) is 2.62. The van der Waals surface area contributed by atoms with Crippen molar-refractivity contribution in [3.8, 4) is 0 Å². The molecule has 1 aromatic heterocycles. The molecule has 17 heavy (non-hydrogen) atoms. The monoisotopic (exact) mass is 238 g/mol. The van der Waals surface area contributed by atoms with Crippen LogP contribution in [0.25, 0.3) is 0 Å². The number of H-pyrrole nitrogens is 1. The molecule has 0 bridgehead atoms. The van der Waals surface area contributed by atoms with E-state index in [4.69, 9.17) is 10.5 Å². The first-order valence-electron chi connectivity index (χ1n) is 5.72. The van der Waals surface area contributed by atoms with Crippen LogP contribution in [-0.2, 0) is 9.53 Å². The van der Waals surface area contributed by atoms with Gasteiger partial charge >= 0.3 is 0 Å². The summed E-state index contributed by atoms with van der Waals surface area (Å²) < 4.78 is 5.21. The second-order valence-electron chi connectivity index (χ2n) is 4.54. The Morgan fingerprint density at radius 3 is 2.65 bits per heavy atom. The first-order valence-corrected chi connectivity index (χ1v) is 5.72. The number of nitrogens with one attached hydrogen (secondary N) is 2. The van der Waals surface area contributed by atoms with Crippen molar-refractivity contribution in [2.45, 2.75) is 32.2 Å². The van der Waals surface area contributed by atoms with Gasteiger partial charge in [-0.05, 0) is 26.7 Å². The van der Waals surface area contributed by atoms with E-state index in [0.717, 1.165) is 11.3 Å². The molecule has 1 aromatic rings. The van der Waals surface area contributed by atoms with Crippen LogP contribution in [0.15, 0.2) is 0 Å². The second kappa shape index (κ2) is 4.46. The van der Waals surface area contributed by atoms with E-state index in [9.17, 15) is 4.79 Å². The van der Waals surface area contributed by atoms with Gasteiger partial charge in [0.25, 0.3) is 0 Å². The van der Waals surface area contributed by atoms with Gasteiger partial charge in [-0.15, -0.1) is 0 Å². The number of amides is 1. The van der Waals surface area contributed by atoms with Gasteiger partial charge in [-0.2, -0.15) is 5.10 Å². The molecule has 1 amide bonds.